The molecule has 1 amide bonds. The van der Waals surface area contributed by atoms with Crippen LogP contribution in [-0.2, 0) is 17.8 Å². The van der Waals surface area contributed by atoms with Gasteiger partial charge in [-0.25, -0.2) is 0 Å². The topological polar surface area (TPSA) is 32.3 Å². The molecule has 0 saturated carbocycles. The number of carbonyl (C=O) groups excluding carboxylic acids is 1. The van der Waals surface area contributed by atoms with Crippen molar-refractivity contribution in [2.45, 2.75) is 37.6 Å². The molecule has 2 unspecified atom stereocenters. The van der Waals surface area contributed by atoms with Crippen molar-refractivity contribution in [1.29, 1.82) is 0 Å². The van der Waals surface area contributed by atoms with E-state index < -0.39 is 0 Å². The zero-order valence-corrected chi connectivity index (χ0v) is 12.8. The molecule has 0 radical (unpaired) electrons. The molecular formula is C16H22N2OS. The molecule has 2 heterocycles. The summed E-state index contributed by atoms with van der Waals surface area (Å²) >= 11 is 2.01. The van der Waals surface area contributed by atoms with E-state index in [1.54, 1.807) is 0 Å². The van der Waals surface area contributed by atoms with Gasteiger partial charge in [-0.05, 0) is 24.0 Å². The highest BCUT2D eigenvalue weighted by atomic mass is 32.2. The zero-order chi connectivity index (χ0) is 13.9. The van der Waals surface area contributed by atoms with Crippen molar-refractivity contribution in [2.24, 2.45) is 0 Å². The van der Waals surface area contributed by atoms with Gasteiger partial charge in [0.2, 0.25) is 5.91 Å². The summed E-state index contributed by atoms with van der Waals surface area (Å²) in [6.45, 7) is 4.84. The van der Waals surface area contributed by atoms with Gasteiger partial charge in [-0.3, -0.25) is 4.79 Å². The molecule has 3 rings (SSSR count). The van der Waals surface area contributed by atoms with Crippen LogP contribution in [0.4, 0.5) is 0 Å². The second-order valence-electron chi connectivity index (χ2n) is 5.59. The number of hydrogen-bond acceptors (Lipinski definition) is 3. The number of amides is 1. The molecule has 3 nitrogen and oxygen atoms in total. The van der Waals surface area contributed by atoms with Crippen molar-refractivity contribution in [2.75, 3.05) is 18.8 Å². The summed E-state index contributed by atoms with van der Waals surface area (Å²) in [7, 11) is 0. The highest BCUT2D eigenvalue weighted by molar-refractivity contribution is 8.00. The molecule has 1 aromatic carbocycles. The Balaban J connectivity index is 1.67. The third-order valence-corrected chi connectivity index (χ3v) is 5.66. The van der Waals surface area contributed by atoms with Gasteiger partial charge in [-0.2, -0.15) is 11.8 Å². The summed E-state index contributed by atoms with van der Waals surface area (Å²) in [6, 6.07) is 8.39. The Morgan fingerprint density at radius 2 is 2.20 bits per heavy atom. The van der Waals surface area contributed by atoms with Crippen LogP contribution in [0.25, 0.3) is 0 Å². The zero-order valence-electron chi connectivity index (χ0n) is 12.0. The van der Waals surface area contributed by atoms with Crippen molar-refractivity contribution in [1.82, 2.24) is 10.2 Å². The van der Waals surface area contributed by atoms with Crippen molar-refractivity contribution < 1.29 is 4.79 Å². The fraction of sp³-hybridized carbons (Fsp3) is 0.562. The van der Waals surface area contributed by atoms with E-state index in [2.05, 4.69) is 41.4 Å². The Morgan fingerprint density at radius 3 is 3.00 bits per heavy atom. The van der Waals surface area contributed by atoms with Crippen LogP contribution in [0, 0.1) is 0 Å². The maximum absolute atomic E-state index is 12.7. The number of rotatable bonds is 2. The number of fused-ring (bicyclic) bond motifs is 1. The van der Waals surface area contributed by atoms with Crippen LogP contribution >= 0.6 is 11.8 Å². The van der Waals surface area contributed by atoms with E-state index in [-0.39, 0.29) is 6.04 Å². The summed E-state index contributed by atoms with van der Waals surface area (Å²) in [5.41, 5.74) is 2.65. The van der Waals surface area contributed by atoms with Gasteiger partial charge in [-0.1, -0.05) is 31.2 Å². The number of hydrogen-bond donors (Lipinski definition) is 1. The Morgan fingerprint density at radius 1 is 1.40 bits per heavy atom. The first-order chi connectivity index (χ1) is 9.78. The summed E-state index contributed by atoms with van der Waals surface area (Å²) in [4.78, 5) is 14.7. The van der Waals surface area contributed by atoms with Gasteiger partial charge in [0.15, 0.2) is 0 Å². The lowest BCUT2D eigenvalue weighted by Gasteiger charge is -2.36. The first-order valence-corrected chi connectivity index (χ1v) is 8.53. The fourth-order valence-corrected chi connectivity index (χ4v) is 4.20. The molecule has 1 fully saturated rings. The maximum Gasteiger partial charge on any atom is 0.240 e. The monoisotopic (exact) mass is 290 g/mol. The smallest absolute Gasteiger partial charge is 0.240 e. The molecule has 2 aliphatic heterocycles. The van der Waals surface area contributed by atoms with E-state index in [1.807, 2.05) is 11.8 Å². The first-order valence-electron chi connectivity index (χ1n) is 7.48. The lowest BCUT2D eigenvalue weighted by atomic mass is 9.95. The van der Waals surface area contributed by atoms with E-state index in [1.165, 1.54) is 11.1 Å². The predicted octanol–water partition coefficient (Wildman–Crippen LogP) is 2.05. The van der Waals surface area contributed by atoms with Crippen LogP contribution in [0.15, 0.2) is 24.3 Å². The van der Waals surface area contributed by atoms with Crippen LogP contribution in [0.5, 0.6) is 0 Å². The molecule has 108 valence electrons. The van der Waals surface area contributed by atoms with Crippen LogP contribution in [0.3, 0.4) is 0 Å². The normalized spacial score (nSPS) is 26.1. The third-order valence-electron chi connectivity index (χ3n) is 4.29. The molecule has 2 atom stereocenters. The van der Waals surface area contributed by atoms with Gasteiger partial charge >= 0.3 is 0 Å². The Kier molecular flexibility index (Phi) is 4.32. The van der Waals surface area contributed by atoms with Crippen LogP contribution in [0.1, 0.15) is 24.5 Å². The molecule has 0 spiro atoms. The highest BCUT2D eigenvalue weighted by Gasteiger charge is 2.30. The Bertz CT molecular complexity index is 491. The minimum atomic E-state index is -0.0366. The number of nitrogens with one attached hydrogen (secondary N) is 1. The van der Waals surface area contributed by atoms with Gasteiger partial charge < -0.3 is 10.2 Å². The number of carbonyl (C=O) groups is 1. The number of thioether (sulfide) groups is 1. The second-order valence-corrected chi connectivity index (χ2v) is 7.00. The molecule has 0 aliphatic carbocycles. The van der Waals surface area contributed by atoms with Gasteiger partial charge in [0.25, 0.3) is 0 Å². The lowest BCUT2D eigenvalue weighted by Crippen LogP contribution is -2.52. The molecule has 0 bridgehead atoms. The fourth-order valence-electron chi connectivity index (χ4n) is 3.02. The Hall–Kier alpha value is -1.00. The van der Waals surface area contributed by atoms with Crippen LogP contribution in [-0.4, -0.2) is 40.9 Å². The molecular weight excluding hydrogens is 268 g/mol. The minimum absolute atomic E-state index is 0.0366. The van der Waals surface area contributed by atoms with Gasteiger partial charge in [0, 0.05) is 30.6 Å². The van der Waals surface area contributed by atoms with Gasteiger partial charge in [0.1, 0.15) is 0 Å². The summed E-state index contributed by atoms with van der Waals surface area (Å²) in [5, 5.41) is 4.02. The molecule has 1 N–H and O–H groups in total. The van der Waals surface area contributed by atoms with E-state index in [0.717, 1.165) is 38.2 Å². The van der Waals surface area contributed by atoms with Crippen LogP contribution < -0.4 is 5.32 Å². The first kappa shape index (κ1) is 14.0. The Labute approximate surface area is 125 Å². The minimum Gasteiger partial charge on any atom is -0.339 e. The van der Waals surface area contributed by atoms with Gasteiger partial charge in [-0.15, -0.1) is 0 Å². The average Bonchev–Trinajstić information content (AvgIpc) is 2.53. The lowest BCUT2D eigenvalue weighted by molar-refractivity contribution is -0.133. The standard InChI is InChI=1S/C16H22N2OS/c1-2-14-11-18(7-8-20-14)16(19)15-9-12-5-3-4-6-13(12)10-17-15/h3-6,14-15,17H,2,7-11H2,1H3. The van der Waals surface area contributed by atoms with Crippen molar-refractivity contribution in [3.8, 4) is 0 Å². The second kappa shape index (κ2) is 6.19. The largest absolute Gasteiger partial charge is 0.339 e. The van der Waals surface area contributed by atoms with E-state index >= 15 is 0 Å². The van der Waals surface area contributed by atoms with E-state index in [0.29, 0.717) is 11.2 Å². The molecule has 20 heavy (non-hydrogen) atoms. The molecule has 4 heteroatoms. The molecule has 1 saturated heterocycles. The van der Waals surface area contributed by atoms with E-state index in [9.17, 15) is 4.79 Å². The quantitative estimate of drug-likeness (QED) is 0.905. The third kappa shape index (κ3) is 2.86. The summed E-state index contributed by atoms with van der Waals surface area (Å²) in [5.74, 6) is 1.37. The van der Waals surface area contributed by atoms with Crippen molar-refractivity contribution in [3.63, 3.8) is 0 Å². The van der Waals surface area contributed by atoms with Crippen molar-refractivity contribution >= 4 is 17.7 Å². The molecule has 1 aromatic rings. The molecule has 2 aliphatic rings. The number of benzene rings is 1. The predicted molar refractivity (Wildman–Crippen MR) is 83.9 cm³/mol. The SMILES string of the molecule is CCC1CN(C(=O)C2Cc3ccccc3CN2)CCS1. The van der Waals surface area contributed by atoms with E-state index in [4.69, 9.17) is 0 Å². The number of nitrogens with zero attached hydrogens (tertiary/aromatic N) is 1. The van der Waals surface area contributed by atoms with Crippen LogP contribution in [0.2, 0.25) is 0 Å². The van der Waals surface area contributed by atoms with Gasteiger partial charge in [0.05, 0.1) is 6.04 Å². The average molecular weight is 290 g/mol. The summed E-state index contributed by atoms with van der Waals surface area (Å²) in [6.07, 6.45) is 1.98. The van der Waals surface area contributed by atoms with Crippen molar-refractivity contribution in [3.05, 3.63) is 35.4 Å². The highest BCUT2D eigenvalue weighted by Crippen LogP contribution is 2.23. The summed E-state index contributed by atoms with van der Waals surface area (Å²) < 4.78 is 0. The maximum atomic E-state index is 12.7. The molecule has 0 aromatic heterocycles.